The lowest BCUT2D eigenvalue weighted by molar-refractivity contribution is -0.384. The molecule has 0 aliphatic rings. The second-order valence-electron chi connectivity index (χ2n) is 5.07. The van der Waals surface area contributed by atoms with Crippen LogP contribution in [-0.4, -0.2) is 15.9 Å². The molecule has 1 aromatic heterocycles. The molecule has 2 N–H and O–H groups in total. The van der Waals surface area contributed by atoms with Gasteiger partial charge in [-0.1, -0.05) is 19.9 Å². The van der Waals surface area contributed by atoms with Crippen LogP contribution in [-0.2, 0) is 6.54 Å². The number of pyridine rings is 1. The van der Waals surface area contributed by atoms with Crippen LogP contribution in [0.2, 0.25) is 0 Å². The van der Waals surface area contributed by atoms with Crippen molar-refractivity contribution >= 4 is 5.69 Å². The maximum atomic E-state index is 12.0. The molecule has 0 amide bonds. The van der Waals surface area contributed by atoms with Crippen molar-refractivity contribution in [2.45, 2.75) is 26.4 Å². The van der Waals surface area contributed by atoms with Crippen LogP contribution in [0.1, 0.15) is 19.4 Å². The van der Waals surface area contributed by atoms with E-state index in [4.69, 9.17) is 0 Å². The molecule has 0 unspecified atom stereocenters. The normalized spacial score (nSPS) is 10.8. The van der Waals surface area contributed by atoms with Crippen molar-refractivity contribution in [2.24, 2.45) is 0 Å². The van der Waals surface area contributed by atoms with Crippen molar-refractivity contribution in [2.75, 3.05) is 0 Å². The lowest BCUT2D eigenvalue weighted by Crippen LogP contribution is -2.26. The Kier molecular flexibility index (Phi) is 4.49. The fourth-order valence-electron chi connectivity index (χ4n) is 1.89. The highest BCUT2D eigenvalue weighted by Gasteiger charge is 2.07. The second kappa shape index (κ2) is 6.32. The molecule has 6 heteroatoms. The lowest BCUT2D eigenvalue weighted by atomic mass is 10.1. The fourth-order valence-corrected chi connectivity index (χ4v) is 1.89. The Morgan fingerprint density at radius 1 is 1.19 bits per heavy atom. The average Bonchev–Trinajstić information content (AvgIpc) is 2.46. The molecule has 0 radical (unpaired) electrons. The third kappa shape index (κ3) is 3.76. The Hall–Kier alpha value is -2.47. The molecule has 1 heterocycles. The number of nitro benzene ring substituents is 1. The molecule has 0 saturated heterocycles. The average molecular weight is 287 g/mol. The van der Waals surface area contributed by atoms with Gasteiger partial charge in [0.05, 0.1) is 4.92 Å². The first kappa shape index (κ1) is 14.9. The molecule has 0 bridgehead atoms. The molecule has 2 rings (SSSR count). The first-order chi connectivity index (χ1) is 9.97. The molecule has 110 valence electrons. The molecule has 0 fully saturated rings. The van der Waals surface area contributed by atoms with E-state index < -0.39 is 4.92 Å². The highest BCUT2D eigenvalue weighted by molar-refractivity contribution is 5.60. The van der Waals surface area contributed by atoms with Crippen LogP contribution in [0.25, 0.3) is 11.3 Å². The standard InChI is InChI=1S/C15H17N3O3/c1-10(2)16-9-12-5-8-14(17-15(12)19)11-3-6-13(7-4-11)18(20)21/h3-8,10,16H,9H2,1-2H3,(H,17,19). The first-order valence-electron chi connectivity index (χ1n) is 6.68. The quantitative estimate of drug-likeness (QED) is 0.653. The summed E-state index contributed by atoms with van der Waals surface area (Å²) in [5.74, 6) is 0. The van der Waals surface area contributed by atoms with E-state index in [1.54, 1.807) is 24.3 Å². The summed E-state index contributed by atoms with van der Waals surface area (Å²) in [6, 6.07) is 9.96. The van der Waals surface area contributed by atoms with E-state index in [2.05, 4.69) is 10.3 Å². The summed E-state index contributed by atoms with van der Waals surface area (Å²) < 4.78 is 0. The number of nitrogens with one attached hydrogen (secondary N) is 2. The van der Waals surface area contributed by atoms with E-state index >= 15 is 0 Å². The van der Waals surface area contributed by atoms with Crippen molar-refractivity contribution in [1.29, 1.82) is 0 Å². The van der Waals surface area contributed by atoms with Gasteiger partial charge in [-0.05, 0) is 23.8 Å². The van der Waals surface area contributed by atoms with E-state index in [0.29, 0.717) is 23.8 Å². The number of non-ortho nitro benzene ring substituents is 1. The maximum Gasteiger partial charge on any atom is 0.269 e. The minimum Gasteiger partial charge on any atom is -0.322 e. The van der Waals surface area contributed by atoms with Crippen LogP contribution >= 0.6 is 0 Å². The first-order valence-corrected chi connectivity index (χ1v) is 6.68. The summed E-state index contributed by atoms with van der Waals surface area (Å²) in [6.07, 6.45) is 0. The number of nitro groups is 1. The van der Waals surface area contributed by atoms with Crippen molar-refractivity contribution in [1.82, 2.24) is 10.3 Å². The zero-order valence-corrected chi connectivity index (χ0v) is 11.9. The van der Waals surface area contributed by atoms with Gasteiger partial charge in [0, 0.05) is 36.0 Å². The number of nitrogens with zero attached hydrogens (tertiary/aromatic N) is 1. The van der Waals surface area contributed by atoms with Crippen LogP contribution in [0.3, 0.4) is 0 Å². The number of aromatic amines is 1. The highest BCUT2D eigenvalue weighted by atomic mass is 16.6. The third-order valence-electron chi connectivity index (χ3n) is 3.08. The topological polar surface area (TPSA) is 88.0 Å². The molecule has 0 spiro atoms. The molecule has 21 heavy (non-hydrogen) atoms. The van der Waals surface area contributed by atoms with Crippen LogP contribution in [0.15, 0.2) is 41.2 Å². The minimum atomic E-state index is -0.451. The monoisotopic (exact) mass is 287 g/mol. The van der Waals surface area contributed by atoms with Gasteiger partial charge in [0.15, 0.2) is 0 Å². The smallest absolute Gasteiger partial charge is 0.269 e. The minimum absolute atomic E-state index is 0.0267. The predicted octanol–water partition coefficient (Wildman–Crippen LogP) is 2.45. The van der Waals surface area contributed by atoms with E-state index in [9.17, 15) is 14.9 Å². The summed E-state index contributed by atoms with van der Waals surface area (Å²) in [5.41, 5.74) is 1.91. The number of hydrogen-bond donors (Lipinski definition) is 2. The molecular weight excluding hydrogens is 270 g/mol. The predicted molar refractivity (Wildman–Crippen MR) is 81.1 cm³/mol. The van der Waals surface area contributed by atoms with E-state index in [-0.39, 0.29) is 11.2 Å². The SMILES string of the molecule is CC(C)NCc1ccc(-c2ccc([N+](=O)[O-])cc2)[nH]c1=O. The fraction of sp³-hybridized carbons (Fsp3) is 0.267. The second-order valence-corrected chi connectivity index (χ2v) is 5.07. The number of benzene rings is 1. The number of hydrogen-bond acceptors (Lipinski definition) is 4. The molecule has 6 nitrogen and oxygen atoms in total. The van der Waals surface area contributed by atoms with Crippen molar-refractivity contribution in [3.8, 4) is 11.3 Å². The van der Waals surface area contributed by atoms with Crippen molar-refractivity contribution in [3.05, 3.63) is 62.4 Å². The van der Waals surface area contributed by atoms with Gasteiger partial charge >= 0.3 is 0 Å². The van der Waals surface area contributed by atoms with Gasteiger partial charge in [0.1, 0.15) is 0 Å². The Labute approximate surface area is 122 Å². The lowest BCUT2D eigenvalue weighted by Gasteiger charge is -2.08. The molecular formula is C15H17N3O3. The highest BCUT2D eigenvalue weighted by Crippen LogP contribution is 2.19. The Bertz CT molecular complexity index is 690. The zero-order chi connectivity index (χ0) is 15.4. The third-order valence-corrected chi connectivity index (χ3v) is 3.08. The summed E-state index contributed by atoms with van der Waals surface area (Å²) in [4.78, 5) is 25.0. The van der Waals surface area contributed by atoms with Crippen LogP contribution in [0, 0.1) is 10.1 Å². The Morgan fingerprint density at radius 2 is 1.86 bits per heavy atom. The summed E-state index contributed by atoms with van der Waals surface area (Å²) in [7, 11) is 0. The van der Waals surface area contributed by atoms with Crippen LogP contribution < -0.4 is 10.9 Å². The van der Waals surface area contributed by atoms with Crippen LogP contribution in [0.4, 0.5) is 5.69 Å². The molecule has 0 aliphatic carbocycles. The summed E-state index contributed by atoms with van der Waals surface area (Å²) in [5, 5.41) is 13.8. The Morgan fingerprint density at radius 3 is 2.38 bits per heavy atom. The van der Waals surface area contributed by atoms with E-state index in [0.717, 1.165) is 5.56 Å². The molecule has 0 atom stereocenters. The summed E-state index contributed by atoms with van der Waals surface area (Å²) >= 11 is 0. The van der Waals surface area contributed by atoms with Gasteiger partial charge < -0.3 is 10.3 Å². The van der Waals surface area contributed by atoms with Gasteiger partial charge in [-0.2, -0.15) is 0 Å². The van der Waals surface area contributed by atoms with Crippen LogP contribution in [0.5, 0.6) is 0 Å². The van der Waals surface area contributed by atoms with Gasteiger partial charge in [-0.3, -0.25) is 14.9 Å². The molecule has 0 aliphatic heterocycles. The van der Waals surface area contributed by atoms with E-state index in [1.165, 1.54) is 12.1 Å². The molecule has 1 aromatic carbocycles. The number of rotatable bonds is 5. The zero-order valence-electron chi connectivity index (χ0n) is 11.9. The van der Waals surface area contributed by atoms with Gasteiger partial charge in [0.25, 0.3) is 11.2 Å². The number of aromatic nitrogens is 1. The number of H-pyrrole nitrogens is 1. The maximum absolute atomic E-state index is 12.0. The van der Waals surface area contributed by atoms with Gasteiger partial charge in [-0.15, -0.1) is 0 Å². The summed E-state index contributed by atoms with van der Waals surface area (Å²) in [6.45, 7) is 4.53. The van der Waals surface area contributed by atoms with Gasteiger partial charge in [0.2, 0.25) is 0 Å². The largest absolute Gasteiger partial charge is 0.322 e. The molecule has 2 aromatic rings. The van der Waals surface area contributed by atoms with Gasteiger partial charge in [-0.25, -0.2) is 0 Å². The molecule has 0 saturated carbocycles. The Balaban J connectivity index is 2.23. The van der Waals surface area contributed by atoms with E-state index in [1.807, 2.05) is 13.8 Å². The van der Waals surface area contributed by atoms with Crippen molar-refractivity contribution < 1.29 is 4.92 Å². The van der Waals surface area contributed by atoms with Crippen molar-refractivity contribution in [3.63, 3.8) is 0 Å².